The molecule has 1 N–H and O–H groups in total. The van der Waals surface area contributed by atoms with Gasteiger partial charge in [-0.2, -0.15) is 0 Å². The van der Waals surface area contributed by atoms with Crippen LogP contribution >= 0.6 is 11.3 Å². The second-order valence-corrected chi connectivity index (χ2v) is 4.30. The molecule has 0 spiro atoms. The first kappa shape index (κ1) is 10.8. The van der Waals surface area contributed by atoms with E-state index < -0.39 is 5.97 Å². The van der Waals surface area contributed by atoms with Crippen LogP contribution in [0.3, 0.4) is 0 Å². The fraction of sp³-hybridized carbons (Fsp3) is 0.182. The SMILES string of the molecule is CC1C=CN=CC(c2nc(C(=O)O)cs2)=C1. The number of hydrogen-bond donors (Lipinski definition) is 1. The molecule has 82 valence electrons. The molecule has 5 heteroatoms. The summed E-state index contributed by atoms with van der Waals surface area (Å²) in [6.07, 6.45) is 7.41. The highest BCUT2D eigenvalue weighted by Gasteiger charge is 2.12. The molecule has 1 aromatic heterocycles. The maximum Gasteiger partial charge on any atom is 0.355 e. The fourth-order valence-corrected chi connectivity index (χ4v) is 2.11. The van der Waals surface area contributed by atoms with E-state index in [0.717, 1.165) is 5.57 Å². The van der Waals surface area contributed by atoms with E-state index >= 15 is 0 Å². The number of aliphatic imine (C=N–C) groups is 1. The minimum Gasteiger partial charge on any atom is -0.476 e. The smallest absolute Gasteiger partial charge is 0.355 e. The van der Waals surface area contributed by atoms with E-state index in [4.69, 9.17) is 5.11 Å². The number of hydrogen-bond acceptors (Lipinski definition) is 4. The molecule has 0 aliphatic carbocycles. The third kappa shape index (κ3) is 2.25. The number of nitrogens with zero attached hydrogens (tertiary/aromatic N) is 2. The molecule has 16 heavy (non-hydrogen) atoms. The Bertz CT molecular complexity index is 500. The third-order valence-corrected chi connectivity index (χ3v) is 2.99. The number of thiazole rings is 1. The quantitative estimate of drug-likeness (QED) is 0.855. The summed E-state index contributed by atoms with van der Waals surface area (Å²) in [5.74, 6) is -0.727. The maximum absolute atomic E-state index is 10.7. The number of allylic oxidation sites excluding steroid dienone is 3. The van der Waals surface area contributed by atoms with E-state index in [-0.39, 0.29) is 11.6 Å². The van der Waals surface area contributed by atoms with Crippen LogP contribution in [-0.4, -0.2) is 22.3 Å². The summed E-state index contributed by atoms with van der Waals surface area (Å²) in [4.78, 5) is 18.8. The zero-order valence-electron chi connectivity index (χ0n) is 8.62. The lowest BCUT2D eigenvalue weighted by Crippen LogP contribution is -1.97. The number of carbonyl (C=O) groups is 1. The van der Waals surface area contributed by atoms with Crippen molar-refractivity contribution in [2.75, 3.05) is 0 Å². The van der Waals surface area contributed by atoms with Crippen molar-refractivity contribution in [2.45, 2.75) is 6.92 Å². The molecule has 1 unspecified atom stereocenters. The molecule has 0 radical (unpaired) electrons. The van der Waals surface area contributed by atoms with Crippen molar-refractivity contribution in [3.63, 3.8) is 0 Å². The van der Waals surface area contributed by atoms with E-state index in [2.05, 4.69) is 9.98 Å². The van der Waals surface area contributed by atoms with Gasteiger partial charge in [-0.25, -0.2) is 9.78 Å². The first-order valence-electron chi connectivity index (χ1n) is 4.77. The molecule has 2 rings (SSSR count). The average molecular weight is 234 g/mol. The Morgan fingerprint density at radius 1 is 1.56 bits per heavy atom. The predicted molar refractivity (Wildman–Crippen MR) is 63.8 cm³/mol. The number of rotatable bonds is 2. The van der Waals surface area contributed by atoms with Crippen molar-refractivity contribution in [1.82, 2.24) is 4.98 Å². The van der Waals surface area contributed by atoms with E-state index in [1.165, 1.54) is 16.7 Å². The van der Waals surface area contributed by atoms with Gasteiger partial charge in [-0.1, -0.05) is 19.1 Å². The van der Waals surface area contributed by atoms with Gasteiger partial charge in [0.15, 0.2) is 5.69 Å². The van der Waals surface area contributed by atoms with E-state index in [0.29, 0.717) is 5.01 Å². The Morgan fingerprint density at radius 2 is 2.38 bits per heavy atom. The molecule has 4 nitrogen and oxygen atoms in total. The van der Waals surface area contributed by atoms with E-state index in [9.17, 15) is 4.79 Å². The Kier molecular flexibility index (Phi) is 2.96. The van der Waals surface area contributed by atoms with Gasteiger partial charge in [0.1, 0.15) is 5.01 Å². The van der Waals surface area contributed by atoms with Crippen LogP contribution in [0.5, 0.6) is 0 Å². The standard InChI is InChI=1S/C11H10N2O2S/c1-7-2-3-12-5-8(4-7)10-13-9(6-16-10)11(14)15/h2-7H,1H3,(H,14,15). The normalized spacial score (nSPS) is 19.3. The fourth-order valence-electron chi connectivity index (χ4n) is 1.32. The molecular weight excluding hydrogens is 224 g/mol. The average Bonchev–Trinajstić information content (AvgIpc) is 2.63. The van der Waals surface area contributed by atoms with Crippen LogP contribution in [-0.2, 0) is 0 Å². The van der Waals surface area contributed by atoms with Crippen LogP contribution in [0.2, 0.25) is 0 Å². The number of carboxylic acid groups (broad SMARTS) is 1. The second-order valence-electron chi connectivity index (χ2n) is 3.44. The van der Waals surface area contributed by atoms with Crippen LogP contribution in [0.4, 0.5) is 0 Å². The second kappa shape index (κ2) is 4.40. The molecule has 0 saturated heterocycles. The van der Waals surface area contributed by atoms with Crippen LogP contribution in [0, 0.1) is 5.92 Å². The zero-order chi connectivity index (χ0) is 11.5. The number of carboxylic acids is 1. The molecule has 0 fully saturated rings. The summed E-state index contributed by atoms with van der Waals surface area (Å²) in [5.41, 5.74) is 0.953. The van der Waals surface area contributed by atoms with Gasteiger partial charge < -0.3 is 5.11 Å². The molecule has 0 amide bonds. The van der Waals surface area contributed by atoms with Gasteiger partial charge >= 0.3 is 5.97 Å². The highest BCUT2D eigenvalue weighted by Crippen LogP contribution is 2.21. The molecule has 2 heterocycles. The Labute approximate surface area is 96.7 Å². The Morgan fingerprint density at radius 3 is 3.06 bits per heavy atom. The van der Waals surface area contributed by atoms with E-state index in [1.807, 2.05) is 19.1 Å². The van der Waals surface area contributed by atoms with Gasteiger partial charge in [-0.05, 0) is 5.92 Å². The molecular formula is C11H10N2O2S. The molecule has 0 aromatic carbocycles. The third-order valence-electron chi connectivity index (χ3n) is 2.10. The van der Waals surface area contributed by atoms with Gasteiger partial charge in [-0.15, -0.1) is 11.3 Å². The summed E-state index contributed by atoms with van der Waals surface area (Å²) in [5, 5.41) is 11.0. The summed E-state index contributed by atoms with van der Waals surface area (Å²) in [6.45, 7) is 2.04. The van der Waals surface area contributed by atoms with Crippen molar-refractivity contribution in [2.24, 2.45) is 10.9 Å². The molecule has 1 aliphatic heterocycles. The maximum atomic E-state index is 10.7. The lowest BCUT2D eigenvalue weighted by molar-refractivity contribution is 0.0691. The Balaban J connectivity index is 2.33. The molecule has 1 aliphatic rings. The van der Waals surface area contributed by atoms with Crippen molar-refractivity contribution < 1.29 is 9.90 Å². The van der Waals surface area contributed by atoms with Gasteiger partial charge in [0.05, 0.1) is 0 Å². The highest BCUT2D eigenvalue weighted by atomic mass is 32.1. The van der Waals surface area contributed by atoms with Crippen molar-refractivity contribution >= 4 is 29.1 Å². The van der Waals surface area contributed by atoms with Crippen LogP contribution < -0.4 is 0 Å². The lowest BCUT2D eigenvalue weighted by atomic mass is 10.1. The van der Waals surface area contributed by atoms with Crippen LogP contribution in [0.25, 0.3) is 5.57 Å². The highest BCUT2D eigenvalue weighted by molar-refractivity contribution is 7.11. The van der Waals surface area contributed by atoms with Gasteiger partial charge in [0.25, 0.3) is 0 Å². The number of aromatic nitrogens is 1. The van der Waals surface area contributed by atoms with Gasteiger partial charge in [-0.3, -0.25) is 4.99 Å². The van der Waals surface area contributed by atoms with E-state index in [1.54, 1.807) is 12.4 Å². The van der Waals surface area contributed by atoms with Gasteiger partial charge in [0.2, 0.25) is 0 Å². The molecule has 0 saturated carbocycles. The van der Waals surface area contributed by atoms with Gasteiger partial charge in [0, 0.05) is 23.4 Å². The van der Waals surface area contributed by atoms with Crippen LogP contribution in [0.15, 0.2) is 28.7 Å². The minimum atomic E-state index is -1.00. The zero-order valence-corrected chi connectivity index (χ0v) is 9.44. The predicted octanol–water partition coefficient (Wildman–Crippen LogP) is 2.46. The monoisotopic (exact) mass is 234 g/mol. The Hall–Kier alpha value is -1.75. The summed E-state index contributed by atoms with van der Waals surface area (Å²) < 4.78 is 0. The summed E-state index contributed by atoms with van der Waals surface area (Å²) in [6, 6.07) is 0. The number of aromatic carboxylic acids is 1. The molecule has 0 bridgehead atoms. The molecule has 1 aromatic rings. The minimum absolute atomic E-state index is 0.0826. The van der Waals surface area contributed by atoms with Crippen molar-refractivity contribution in [1.29, 1.82) is 0 Å². The summed E-state index contributed by atoms with van der Waals surface area (Å²) in [7, 11) is 0. The van der Waals surface area contributed by atoms with Crippen molar-refractivity contribution in [3.05, 3.63) is 34.4 Å². The lowest BCUT2D eigenvalue weighted by Gasteiger charge is -1.98. The first-order chi connectivity index (χ1) is 7.66. The largest absolute Gasteiger partial charge is 0.476 e. The van der Waals surface area contributed by atoms with Crippen LogP contribution in [0.1, 0.15) is 22.4 Å². The topological polar surface area (TPSA) is 62.5 Å². The van der Waals surface area contributed by atoms with Crippen molar-refractivity contribution in [3.8, 4) is 0 Å². The molecule has 1 atom stereocenters. The summed E-state index contributed by atoms with van der Waals surface area (Å²) >= 11 is 1.32. The first-order valence-corrected chi connectivity index (χ1v) is 5.65.